The summed E-state index contributed by atoms with van der Waals surface area (Å²) in [6.07, 6.45) is 4.04. The zero-order valence-corrected chi connectivity index (χ0v) is 11.1. The smallest absolute Gasteiger partial charge is 0.350 e. The lowest BCUT2D eigenvalue weighted by atomic mass is 10.1. The maximum absolute atomic E-state index is 11.9. The second-order valence-electron chi connectivity index (χ2n) is 5.40. The fourth-order valence-electron chi connectivity index (χ4n) is 1.71. The highest BCUT2D eigenvalue weighted by atomic mass is 16.6. The van der Waals surface area contributed by atoms with Crippen molar-refractivity contribution in [3.8, 4) is 0 Å². The summed E-state index contributed by atoms with van der Waals surface area (Å²) in [5, 5.41) is 0. The molecule has 17 heavy (non-hydrogen) atoms. The van der Waals surface area contributed by atoms with Crippen LogP contribution in [0.5, 0.6) is 0 Å². The summed E-state index contributed by atoms with van der Waals surface area (Å²) in [6.45, 7) is 6.62. The summed E-state index contributed by atoms with van der Waals surface area (Å²) in [4.78, 5) is 23.3. The number of hydrogen-bond acceptors (Lipinski definition) is 4. The lowest BCUT2D eigenvalue weighted by molar-refractivity contribution is -0.183. The van der Waals surface area contributed by atoms with Gasteiger partial charge in [0.1, 0.15) is 6.10 Å². The van der Waals surface area contributed by atoms with Crippen molar-refractivity contribution in [1.82, 2.24) is 0 Å². The highest BCUT2D eigenvalue weighted by Gasteiger charge is 2.36. The van der Waals surface area contributed by atoms with Crippen molar-refractivity contribution in [2.45, 2.75) is 65.1 Å². The van der Waals surface area contributed by atoms with Gasteiger partial charge in [-0.25, -0.2) is 4.79 Å². The van der Waals surface area contributed by atoms with Crippen LogP contribution in [0, 0.1) is 5.92 Å². The van der Waals surface area contributed by atoms with Crippen LogP contribution >= 0.6 is 0 Å². The van der Waals surface area contributed by atoms with Gasteiger partial charge in [-0.2, -0.15) is 0 Å². The van der Waals surface area contributed by atoms with Crippen LogP contribution in [-0.2, 0) is 19.1 Å². The Kier molecular flexibility index (Phi) is 4.54. The molecule has 0 bridgehead atoms. The molecule has 0 atom stereocenters. The summed E-state index contributed by atoms with van der Waals surface area (Å²) < 4.78 is 10.5. The van der Waals surface area contributed by atoms with Gasteiger partial charge in [0.2, 0.25) is 5.60 Å². The fourth-order valence-corrected chi connectivity index (χ4v) is 1.71. The monoisotopic (exact) mass is 242 g/mol. The molecule has 1 aliphatic rings. The Morgan fingerprint density at radius 1 is 1.18 bits per heavy atom. The topological polar surface area (TPSA) is 52.6 Å². The van der Waals surface area contributed by atoms with E-state index in [0.717, 1.165) is 25.7 Å². The number of rotatable bonds is 4. The first kappa shape index (κ1) is 14.0. The summed E-state index contributed by atoms with van der Waals surface area (Å²) in [5.74, 6) is -1.06. The predicted molar refractivity (Wildman–Crippen MR) is 63.4 cm³/mol. The largest absolute Gasteiger partial charge is 0.459 e. The summed E-state index contributed by atoms with van der Waals surface area (Å²) >= 11 is 0. The van der Waals surface area contributed by atoms with Crippen molar-refractivity contribution in [2.24, 2.45) is 5.92 Å². The highest BCUT2D eigenvalue weighted by Crippen LogP contribution is 2.24. The van der Waals surface area contributed by atoms with Crippen LogP contribution in [0.1, 0.15) is 53.4 Å². The van der Waals surface area contributed by atoms with E-state index < -0.39 is 11.6 Å². The first-order valence-corrected chi connectivity index (χ1v) is 6.27. The van der Waals surface area contributed by atoms with Gasteiger partial charge in [0.15, 0.2) is 0 Å². The van der Waals surface area contributed by atoms with Crippen LogP contribution in [0.2, 0.25) is 0 Å². The van der Waals surface area contributed by atoms with E-state index in [-0.39, 0.29) is 18.0 Å². The average molecular weight is 242 g/mol. The van der Waals surface area contributed by atoms with Crippen molar-refractivity contribution in [3.63, 3.8) is 0 Å². The molecule has 0 radical (unpaired) electrons. The van der Waals surface area contributed by atoms with Gasteiger partial charge in [-0.3, -0.25) is 4.79 Å². The molecule has 4 heteroatoms. The number of ether oxygens (including phenoxy) is 2. The van der Waals surface area contributed by atoms with Gasteiger partial charge in [-0.15, -0.1) is 0 Å². The van der Waals surface area contributed by atoms with Crippen LogP contribution in [0.25, 0.3) is 0 Å². The first-order chi connectivity index (χ1) is 7.83. The molecule has 0 aliphatic heterocycles. The molecule has 98 valence electrons. The molecule has 0 amide bonds. The van der Waals surface area contributed by atoms with Crippen molar-refractivity contribution in [3.05, 3.63) is 0 Å². The van der Waals surface area contributed by atoms with E-state index in [4.69, 9.17) is 9.47 Å². The SMILES string of the molecule is CC(C)C(=O)OC(C)(C)C(=O)OC1CCCC1. The maximum Gasteiger partial charge on any atom is 0.350 e. The minimum absolute atomic E-state index is 0.000438. The van der Waals surface area contributed by atoms with Gasteiger partial charge in [0.25, 0.3) is 0 Å². The van der Waals surface area contributed by atoms with Gasteiger partial charge in [-0.05, 0) is 39.5 Å². The molecule has 0 spiro atoms. The Morgan fingerprint density at radius 3 is 2.18 bits per heavy atom. The fraction of sp³-hybridized carbons (Fsp3) is 0.846. The van der Waals surface area contributed by atoms with E-state index in [1.54, 1.807) is 27.7 Å². The Labute approximate surface area is 103 Å². The minimum Gasteiger partial charge on any atom is -0.459 e. The van der Waals surface area contributed by atoms with Crippen LogP contribution in [0.4, 0.5) is 0 Å². The molecule has 0 aromatic carbocycles. The predicted octanol–water partition coefficient (Wildman–Crippen LogP) is 2.45. The van der Waals surface area contributed by atoms with Crippen molar-refractivity contribution < 1.29 is 19.1 Å². The Hall–Kier alpha value is -1.06. The van der Waals surface area contributed by atoms with Gasteiger partial charge < -0.3 is 9.47 Å². The summed E-state index contributed by atoms with van der Waals surface area (Å²) in [6, 6.07) is 0. The van der Waals surface area contributed by atoms with Crippen LogP contribution in [0.15, 0.2) is 0 Å². The number of hydrogen-bond donors (Lipinski definition) is 0. The number of carbonyl (C=O) groups is 2. The molecule has 0 heterocycles. The van der Waals surface area contributed by atoms with Crippen molar-refractivity contribution in [2.75, 3.05) is 0 Å². The second kappa shape index (κ2) is 5.52. The zero-order valence-electron chi connectivity index (χ0n) is 11.1. The second-order valence-corrected chi connectivity index (χ2v) is 5.40. The van der Waals surface area contributed by atoms with E-state index in [1.165, 1.54) is 0 Å². The molecular formula is C13H22O4. The normalized spacial score (nSPS) is 17.2. The van der Waals surface area contributed by atoms with E-state index in [2.05, 4.69) is 0 Å². The van der Waals surface area contributed by atoms with Gasteiger partial charge >= 0.3 is 11.9 Å². The van der Waals surface area contributed by atoms with Gasteiger partial charge in [0.05, 0.1) is 5.92 Å². The van der Waals surface area contributed by atoms with E-state index in [0.29, 0.717) is 0 Å². The van der Waals surface area contributed by atoms with E-state index in [1.807, 2.05) is 0 Å². The van der Waals surface area contributed by atoms with Crippen LogP contribution in [0.3, 0.4) is 0 Å². The molecule has 1 fully saturated rings. The molecule has 4 nitrogen and oxygen atoms in total. The maximum atomic E-state index is 11.9. The third-order valence-electron chi connectivity index (χ3n) is 2.89. The highest BCUT2D eigenvalue weighted by molar-refractivity contribution is 5.83. The zero-order chi connectivity index (χ0) is 13.1. The molecule has 0 aromatic heterocycles. The molecule has 0 N–H and O–H groups in total. The number of carbonyl (C=O) groups excluding carboxylic acids is 2. The Morgan fingerprint density at radius 2 is 1.71 bits per heavy atom. The summed E-state index contributed by atoms with van der Waals surface area (Å²) in [5.41, 5.74) is -1.19. The average Bonchev–Trinajstić information content (AvgIpc) is 2.69. The molecule has 0 aromatic rings. The van der Waals surface area contributed by atoms with Crippen molar-refractivity contribution >= 4 is 11.9 Å². The third kappa shape index (κ3) is 4.02. The Balaban J connectivity index is 2.50. The minimum atomic E-state index is -1.19. The standard InChI is InChI=1S/C13H22O4/c1-9(2)11(14)17-13(3,4)12(15)16-10-7-5-6-8-10/h9-10H,5-8H2,1-4H3. The number of esters is 2. The van der Waals surface area contributed by atoms with E-state index >= 15 is 0 Å². The van der Waals surface area contributed by atoms with Gasteiger partial charge in [0, 0.05) is 0 Å². The molecule has 0 saturated heterocycles. The quantitative estimate of drug-likeness (QED) is 0.710. The lowest BCUT2D eigenvalue weighted by Crippen LogP contribution is -2.41. The first-order valence-electron chi connectivity index (χ1n) is 6.27. The lowest BCUT2D eigenvalue weighted by Gasteiger charge is -2.25. The molecular weight excluding hydrogens is 220 g/mol. The summed E-state index contributed by atoms with van der Waals surface area (Å²) in [7, 11) is 0. The molecule has 0 unspecified atom stereocenters. The third-order valence-corrected chi connectivity index (χ3v) is 2.89. The van der Waals surface area contributed by atoms with E-state index in [9.17, 15) is 9.59 Å². The van der Waals surface area contributed by atoms with Gasteiger partial charge in [-0.1, -0.05) is 13.8 Å². The van der Waals surface area contributed by atoms with Crippen molar-refractivity contribution in [1.29, 1.82) is 0 Å². The molecule has 1 saturated carbocycles. The molecule has 1 rings (SSSR count). The van der Waals surface area contributed by atoms with Crippen LogP contribution < -0.4 is 0 Å². The van der Waals surface area contributed by atoms with Crippen LogP contribution in [-0.4, -0.2) is 23.6 Å². The molecule has 1 aliphatic carbocycles. The Bertz CT molecular complexity index is 288.